The summed E-state index contributed by atoms with van der Waals surface area (Å²) < 4.78 is 15.9. The van der Waals surface area contributed by atoms with Crippen LogP contribution in [0.25, 0.3) is 5.57 Å². The van der Waals surface area contributed by atoms with Gasteiger partial charge in [0.15, 0.2) is 11.5 Å². The maximum absolute atomic E-state index is 13.5. The summed E-state index contributed by atoms with van der Waals surface area (Å²) in [6.07, 6.45) is 0. The molecule has 0 unspecified atom stereocenters. The van der Waals surface area contributed by atoms with Gasteiger partial charge in [0.1, 0.15) is 11.4 Å². The van der Waals surface area contributed by atoms with E-state index in [1.54, 1.807) is 42.5 Å². The minimum Gasteiger partial charge on any atom is -0.495 e. The van der Waals surface area contributed by atoms with Crippen LogP contribution >= 0.6 is 11.6 Å². The minimum absolute atomic E-state index is 0.139. The maximum atomic E-state index is 13.5. The zero-order valence-corrected chi connectivity index (χ0v) is 17.7. The average molecular weight is 449 g/mol. The van der Waals surface area contributed by atoms with Gasteiger partial charge >= 0.3 is 0 Å². The number of benzene rings is 3. The van der Waals surface area contributed by atoms with E-state index in [-0.39, 0.29) is 18.1 Å². The first-order valence-corrected chi connectivity index (χ1v) is 10.1. The molecule has 32 heavy (non-hydrogen) atoms. The topological polar surface area (TPSA) is 77.1 Å². The number of fused-ring (bicyclic) bond motifs is 1. The standard InChI is InChI=1S/C24H17ClN2O5/c1-30-18-10-8-16(12-17(18)25)27-23(28)21(14-5-3-2-4-6-14)22(24(27)29)26-15-7-9-19-20(11-15)32-13-31-19/h2-12,26H,13H2,1H3. The van der Waals surface area contributed by atoms with Crippen molar-refractivity contribution < 1.29 is 23.8 Å². The van der Waals surface area contributed by atoms with E-state index in [1.165, 1.54) is 13.2 Å². The summed E-state index contributed by atoms with van der Waals surface area (Å²) in [5.74, 6) is 0.687. The number of hydrogen-bond donors (Lipinski definition) is 1. The van der Waals surface area contributed by atoms with Crippen LogP contribution in [-0.4, -0.2) is 25.7 Å². The molecule has 0 aliphatic carbocycles. The van der Waals surface area contributed by atoms with Gasteiger partial charge in [-0.05, 0) is 35.9 Å². The Hall–Kier alpha value is -3.97. The second kappa shape index (κ2) is 7.94. The second-order valence-corrected chi connectivity index (χ2v) is 7.48. The van der Waals surface area contributed by atoms with Gasteiger partial charge in [0.25, 0.3) is 11.8 Å². The molecule has 3 aromatic rings. The highest BCUT2D eigenvalue weighted by atomic mass is 35.5. The van der Waals surface area contributed by atoms with E-state index < -0.39 is 11.8 Å². The van der Waals surface area contributed by atoms with Gasteiger partial charge in [-0.25, -0.2) is 4.90 Å². The predicted octanol–water partition coefficient (Wildman–Crippen LogP) is 4.47. The molecule has 2 aliphatic heterocycles. The molecular weight excluding hydrogens is 432 g/mol. The number of methoxy groups -OCH3 is 1. The van der Waals surface area contributed by atoms with Crippen molar-refractivity contribution in [2.75, 3.05) is 24.1 Å². The van der Waals surface area contributed by atoms with Crippen molar-refractivity contribution in [1.82, 2.24) is 0 Å². The number of amides is 2. The molecule has 160 valence electrons. The van der Waals surface area contributed by atoms with Crippen LogP contribution < -0.4 is 24.4 Å². The molecule has 2 heterocycles. The van der Waals surface area contributed by atoms with Crippen LogP contribution in [0, 0.1) is 0 Å². The largest absolute Gasteiger partial charge is 0.495 e. The summed E-state index contributed by atoms with van der Waals surface area (Å²) in [5.41, 5.74) is 1.98. The number of halogens is 1. The molecule has 8 heteroatoms. The highest BCUT2D eigenvalue weighted by Gasteiger charge is 2.40. The Bertz CT molecular complexity index is 1270. The zero-order valence-electron chi connectivity index (χ0n) is 16.9. The highest BCUT2D eigenvalue weighted by molar-refractivity contribution is 6.46. The Morgan fingerprint density at radius 3 is 2.47 bits per heavy atom. The van der Waals surface area contributed by atoms with E-state index >= 15 is 0 Å². The van der Waals surface area contributed by atoms with Crippen LogP contribution in [-0.2, 0) is 9.59 Å². The molecule has 0 aromatic heterocycles. The molecule has 2 amide bonds. The van der Waals surface area contributed by atoms with E-state index in [0.717, 1.165) is 4.90 Å². The van der Waals surface area contributed by atoms with Crippen LogP contribution in [0.3, 0.4) is 0 Å². The molecule has 0 bridgehead atoms. The summed E-state index contributed by atoms with van der Waals surface area (Å²) in [6, 6.07) is 19.0. The number of nitrogens with zero attached hydrogens (tertiary/aromatic N) is 1. The number of carbonyl (C=O) groups is 2. The lowest BCUT2D eigenvalue weighted by Crippen LogP contribution is -2.32. The normalized spacial score (nSPS) is 14.9. The van der Waals surface area contributed by atoms with Crippen LogP contribution in [0.5, 0.6) is 17.2 Å². The molecule has 0 fully saturated rings. The number of nitrogens with one attached hydrogen (secondary N) is 1. The van der Waals surface area contributed by atoms with Gasteiger partial charge in [-0.15, -0.1) is 0 Å². The number of imide groups is 1. The molecule has 0 saturated heterocycles. The first kappa shape index (κ1) is 20.0. The third-order valence-electron chi connectivity index (χ3n) is 5.18. The van der Waals surface area contributed by atoms with Crippen molar-refractivity contribution in [3.05, 3.63) is 83.0 Å². The molecule has 0 radical (unpaired) electrons. The third-order valence-corrected chi connectivity index (χ3v) is 5.48. The summed E-state index contributed by atoms with van der Waals surface area (Å²) in [5, 5.41) is 3.41. The van der Waals surface area contributed by atoms with Gasteiger partial charge in [-0.3, -0.25) is 9.59 Å². The van der Waals surface area contributed by atoms with E-state index in [0.29, 0.717) is 39.2 Å². The first-order chi connectivity index (χ1) is 15.6. The van der Waals surface area contributed by atoms with Gasteiger partial charge in [0, 0.05) is 11.8 Å². The molecule has 7 nitrogen and oxygen atoms in total. The van der Waals surface area contributed by atoms with Crippen LogP contribution in [0.4, 0.5) is 11.4 Å². The lowest BCUT2D eigenvalue weighted by atomic mass is 10.0. The maximum Gasteiger partial charge on any atom is 0.282 e. The third kappa shape index (κ3) is 3.33. The Kier molecular flexibility index (Phi) is 4.95. The van der Waals surface area contributed by atoms with Crippen molar-refractivity contribution in [2.24, 2.45) is 0 Å². The number of anilines is 2. The molecular formula is C24H17ClN2O5. The molecule has 0 spiro atoms. The number of rotatable bonds is 5. The fourth-order valence-electron chi connectivity index (χ4n) is 3.67. The summed E-state index contributed by atoms with van der Waals surface area (Å²) in [7, 11) is 1.50. The molecule has 1 N–H and O–H groups in total. The van der Waals surface area contributed by atoms with Gasteiger partial charge < -0.3 is 19.5 Å². The van der Waals surface area contributed by atoms with Crippen LogP contribution in [0.1, 0.15) is 5.56 Å². The van der Waals surface area contributed by atoms with Gasteiger partial charge in [-0.1, -0.05) is 41.9 Å². The second-order valence-electron chi connectivity index (χ2n) is 7.07. The van der Waals surface area contributed by atoms with E-state index in [9.17, 15) is 9.59 Å². The molecule has 0 saturated carbocycles. The SMILES string of the molecule is COc1ccc(N2C(=O)C(Nc3ccc4c(c3)OCO4)=C(c3ccccc3)C2=O)cc1Cl. The Labute approximate surface area is 188 Å². The van der Waals surface area contributed by atoms with E-state index in [2.05, 4.69) is 5.32 Å². The quantitative estimate of drug-likeness (QED) is 0.580. The van der Waals surface area contributed by atoms with Crippen molar-refractivity contribution in [3.63, 3.8) is 0 Å². The predicted molar refractivity (Wildman–Crippen MR) is 120 cm³/mol. The highest BCUT2D eigenvalue weighted by Crippen LogP contribution is 2.38. The average Bonchev–Trinajstić information content (AvgIpc) is 3.36. The van der Waals surface area contributed by atoms with Crippen molar-refractivity contribution in [1.29, 1.82) is 0 Å². The monoisotopic (exact) mass is 448 g/mol. The van der Waals surface area contributed by atoms with Crippen molar-refractivity contribution in [3.8, 4) is 17.2 Å². The van der Waals surface area contributed by atoms with E-state index in [1.807, 2.05) is 18.2 Å². The van der Waals surface area contributed by atoms with Crippen LogP contribution in [0.15, 0.2) is 72.4 Å². The molecule has 2 aliphatic rings. The Morgan fingerprint density at radius 2 is 1.72 bits per heavy atom. The van der Waals surface area contributed by atoms with Gasteiger partial charge in [0.05, 0.1) is 23.4 Å². The number of carbonyl (C=O) groups excluding carboxylic acids is 2. The lowest BCUT2D eigenvalue weighted by molar-refractivity contribution is -0.120. The smallest absolute Gasteiger partial charge is 0.282 e. The Balaban J connectivity index is 1.57. The number of hydrogen-bond acceptors (Lipinski definition) is 6. The lowest BCUT2D eigenvalue weighted by Gasteiger charge is -2.16. The van der Waals surface area contributed by atoms with Crippen molar-refractivity contribution >= 4 is 40.4 Å². The summed E-state index contributed by atoms with van der Waals surface area (Å²) in [4.78, 5) is 28.0. The zero-order chi connectivity index (χ0) is 22.2. The number of ether oxygens (including phenoxy) is 3. The molecule has 5 rings (SSSR count). The van der Waals surface area contributed by atoms with Gasteiger partial charge in [0.2, 0.25) is 6.79 Å². The molecule has 3 aromatic carbocycles. The first-order valence-electron chi connectivity index (χ1n) is 9.75. The fraction of sp³-hybridized carbons (Fsp3) is 0.0833. The fourth-order valence-corrected chi connectivity index (χ4v) is 3.92. The van der Waals surface area contributed by atoms with Gasteiger partial charge in [-0.2, -0.15) is 0 Å². The molecule has 0 atom stereocenters. The van der Waals surface area contributed by atoms with Crippen LogP contribution in [0.2, 0.25) is 5.02 Å². The Morgan fingerprint density at radius 1 is 0.938 bits per heavy atom. The summed E-state index contributed by atoms with van der Waals surface area (Å²) >= 11 is 6.25. The van der Waals surface area contributed by atoms with E-state index in [4.69, 9.17) is 25.8 Å². The minimum atomic E-state index is -0.493. The van der Waals surface area contributed by atoms with Crippen molar-refractivity contribution in [2.45, 2.75) is 0 Å². The summed E-state index contributed by atoms with van der Waals surface area (Å²) in [6.45, 7) is 0.139.